The predicted octanol–water partition coefficient (Wildman–Crippen LogP) is 4.72. The first kappa shape index (κ1) is 25.4. The number of amides is 2. The standard InChI is InChI=1S/C26H26F3N5O2S/c27-26(28,29)20-5-8-24(31-12-20)32-22-9-10-34(15-23(22)35)37-21-6-3-16(4-7-21)17-1-2-18-13-33(25(30)36)14-19(18)11-17/h1-8,11-12,22-23,35H,9-10,13-15H2,(H2,30,36)(H,31,32). The van der Waals surface area contributed by atoms with E-state index in [2.05, 4.69) is 20.7 Å². The van der Waals surface area contributed by atoms with E-state index < -0.39 is 23.9 Å². The van der Waals surface area contributed by atoms with Crippen LogP contribution in [-0.2, 0) is 19.3 Å². The molecule has 4 N–H and O–H groups in total. The van der Waals surface area contributed by atoms with Crippen molar-refractivity contribution in [2.24, 2.45) is 5.73 Å². The number of aliphatic hydroxyl groups excluding tert-OH is 1. The molecule has 1 saturated heterocycles. The summed E-state index contributed by atoms with van der Waals surface area (Å²) in [5, 5.41) is 13.7. The molecule has 2 aromatic carbocycles. The van der Waals surface area contributed by atoms with E-state index in [1.807, 2.05) is 36.4 Å². The van der Waals surface area contributed by atoms with Gasteiger partial charge in [-0.1, -0.05) is 24.3 Å². The Balaban J connectivity index is 1.15. The van der Waals surface area contributed by atoms with E-state index in [0.29, 0.717) is 38.4 Å². The highest BCUT2D eigenvalue weighted by Crippen LogP contribution is 2.32. The van der Waals surface area contributed by atoms with Crippen LogP contribution in [0.5, 0.6) is 0 Å². The third-order valence-corrected chi connectivity index (χ3v) is 7.70. The first-order valence-corrected chi connectivity index (χ1v) is 12.6. The number of nitrogens with zero attached hydrogens (tertiary/aromatic N) is 3. The number of aromatic nitrogens is 1. The van der Waals surface area contributed by atoms with Gasteiger partial charge in [0, 0.05) is 37.3 Å². The lowest BCUT2D eigenvalue weighted by molar-refractivity contribution is -0.137. The summed E-state index contributed by atoms with van der Waals surface area (Å²) in [4.78, 5) is 18.0. The van der Waals surface area contributed by atoms with E-state index in [-0.39, 0.29) is 6.04 Å². The van der Waals surface area contributed by atoms with Gasteiger partial charge in [0.2, 0.25) is 0 Å². The van der Waals surface area contributed by atoms with Gasteiger partial charge in [-0.2, -0.15) is 13.2 Å². The molecule has 3 aromatic rings. The maximum absolute atomic E-state index is 12.7. The average Bonchev–Trinajstić information content (AvgIpc) is 3.30. The number of aliphatic hydroxyl groups is 1. The Hall–Kier alpha value is -3.28. The number of carbonyl (C=O) groups is 1. The van der Waals surface area contributed by atoms with Crippen LogP contribution in [0.15, 0.2) is 65.7 Å². The lowest BCUT2D eigenvalue weighted by atomic mass is 10.0. The normalized spacial score (nSPS) is 20.1. The molecule has 37 heavy (non-hydrogen) atoms. The molecule has 194 valence electrons. The number of primary amides is 1. The van der Waals surface area contributed by atoms with E-state index in [0.717, 1.165) is 39.4 Å². The first-order chi connectivity index (χ1) is 17.7. The predicted molar refractivity (Wildman–Crippen MR) is 135 cm³/mol. The second-order valence-corrected chi connectivity index (χ2v) is 10.4. The Morgan fingerprint density at radius 3 is 2.43 bits per heavy atom. The molecule has 0 spiro atoms. The van der Waals surface area contributed by atoms with Crippen molar-refractivity contribution in [2.75, 3.05) is 18.4 Å². The maximum atomic E-state index is 12.7. The lowest BCUT2D eigenvalue weighted by Crippen LogP contribution is -2.47. The molecule has 5 rings (SSSR count). The summed E-state index contributed by atoms with van der Waals surface area (Å²) in [5.41, 5.74) is 8.96. The molecule has 2 aliphatic heterocycles. The molecule has 0 aliphatic carbocycles. The first-order valence-electron chi connectivity index (χ1n) is 11.8. The van der Waals surface area contributed by atoms with Gasteiger partial charge in [-0.3, -0.25) is 0 Å². The van der Waals surface area contributed by atoms with Crippen molar-refractivity contribution in [3.05, 3.63) is 77.5 Å². The van der Waals surface area contributed by atoms with Crippen molar-refractivity contribution in [3.63, 3.8) is 0 Å². The Bertz CT molecular complexity index is 1270. The van der Waals surface area contributed by atoms with E-state index in [4.69, 9.17) is 5.73 Å². The van der Waals surface area contributed by atoms with E-state index >= 15 is 0 Å². The highest BCUT2D eigenvalue weighted by atomic mass is 32.2. The number of fused-ring (bicyclic) bond motifs is 1. The zero-order valence-corrected chi connectivity index (χ0v) is 20.6. The molecule has 2 unspecified atom stereocenters. The fourth-order valence-corrected chi connectivity index (χ4v) is 5.56. The average molecular weight is 530 g/mol. The number of nitrogens with one attached hydrogen (secondary N) is 1. The lowest BCUT2D eigenvalue weighted by Gasteiger charge is -2.35. The molecule has 0 bridgehead atoms. The number of pyridine rings is 1. The highest BCUT2D eigenvalue weighted by Gasteiger charge is 2.32. The zero-order chi connectivity index (χ0) is 26.2. The van der Waals surface area contributed by atoms with Crippen molar-refractivity contribution in [1.82, 2.24) is 14.2 Å². The SMILES string of the molecule is NC(=O)N1Cc2ccc(-c3ccc(SN4CCC(Nc5ccc(C(F)(F)F)cn5)C(O)C4)cc3)cc2C1. The van der Waals surface area contributed by atoms with Gasteiger partial charge in [0.25, 0.3) is 0 Å². The number of benzene rings is 2. The molecule has 7 nitrogen and oxygen atoms in total. The van der Waals surface area contributed by atoms with Gasteiger partial charge >= 0.3 is 12.2 Å². The summed E-state index contributed by atoms with van der Waals surface area (Å²) < 4.78 is 40.3. The minimum Gasteiger partial charge on any atom is -0.390 e. The number of alkyl halides is 3. The summed E-state index contributed by atoms with van der Waals surface area (Å²) in [5.74, 6) is 0.308. The van der Waals surface area contributed by atoms with Crippen LogP contribution in [0.25, 0.3) is 11.1 Å². The van der Waals surface area contributed by atoms with Gasteiger partial charge in [0.1, 0.15) is 5.82 Å². The van der Waals surface area contributed by atoms with E-state index in [1.165, 1.54) is 6.07 Å². The molecule has 0 radical (unpaired) electrons. The van der Waals surface area contributed by atoms with Gasteiger partial charge < -0.3 is 21.1 Å². The smallest absolute Gasteiger partial charge is 0.390 e. The summed E-state index contributed by atoms with van der Waals surface area (Å²) in [6, 6.07) is 15.9. The van der Waals surface area contributed by atoms with E-state index in [1.54, 1.807) is 16.8 Å². The molecule has 2 atom stereocenters. The third kappa shape index (κ3) is 5.84. The third-order valence-electron chi connectivity index (χ3n) is 6.63. The number of β-amino-alcohol motifs (C(OH)–C–C–N with tert-alkyl or cyclic N) is 1. The van der Waals surface area contributed by atoms with Crippen molar-refractivity contribution in [2.45, 2.75) is 42.7 Å². The fraction of sp³-hybridized carbons (Fsp3) is 0.308. The van der Waals surface area contributed by atoms with Crippen LogP contribution in [0.4, 0.5) is 23.8 Å². The molecule has 1 aromatic heterocycles. The quantitative estimate of drug-likeness (QED) is 0.415. The Morgan fingerprint density at radius 1 is 1.05 bits per heavy atom. The summed E-state index contributed by atoms with van der Waals surface area (Å²) in [6.45, 7) is 2.17. The van der Waals surface area contributed by atoms with Gasteiger partial charge in [-0.05, 0) is 71.0 Å². The van der Waals surface area contributed by atoms with Crippen molar-refractivity contribution in [3.8, 4) is 11.1 Å². The Labute approximate surface area is 216 Å². The fourth-order valence-electron chi connectivity index (χ4n) is 4.58. The monoisotopic (exact) mass is 529 g/mol. The van der Waals surface area contributed by atoms with E-state index in [9.17, 15) is 23.1 Å². The van der Waals surface area contributed by atoms with Gasteiger partial charge in [0.05, 0.1) is 17.7 Å². The van der Waals surface area contributed by atoms with Crippen LogP contribution in [0.3, 0.4) is 0 Å². The number of hydrogen-bond acceptors (Lipinski definition) is 6. The molecule has 0 saturated carbocycles. The molecular formula is C26H26F3N5O2S. The summed E-state index contributed by atoms with van der Waals surface area (Å²) in [6.07, 6.45) is -3.72. The number of halogens is 3. The van der Waals surface area contributed by atoms with Crippen LogP contribution in [0.1, 0.15) is 23.1 Å². The molecule has 2 amide bonds. The summed E-state index contributed by atoms with van der Waals surface area (Å²) >= 11 is 1.56. The van der Waals surface area contributed by atoms with Crippen LogP contribution in [-0.4, -0.2) is 50.6 Å². The number of nitrogens with two attached hydrogens (primary N) is 1. The molecule has 3 heterocycles. The van der Waals surface area contributed by atoms with Gasteiger partial charge in [-0.15, -0.1) is 0 Å². The number of urea groups is 1. The van der Waals surface area contributed by atoms with Crippen LogP contribution < -0.4 is 11.1 Å². The molecule has 1 fully saturated rings. The highest BCUT2D eigenvalue weighted by molar-refractivity contribution is 7.97. The van der Waals surface area contributed by atoms with Gasteiger partial charge in [0.15, 0.2) is 0 Å². The van der Waals surface area contributed by atoms with Gasteiger partial charge in [-0.25, -0.2) is 14.1 Å². The second kappa shape index (κ2) is 10.2. The van der Waals surface area contributed by atoms with Crippen molar-refractivity contribution in [1.29, 1.82) is 0 Å². The van der Waals surface area contributed by atoms with Crippen LogP contribution in [0, 0.1) is 0 Å². The topological polar surface area (TPSA) is 94.7 Å². The minimum atomic E-state index is -4.43. The minimum absolute atomic E-state index is 0.297. The van der Waals surface area contributed by atoms with Crippen LogP contribution in [0.2, 0.25) is 0 Å². The van der Waals surface area contributed by atoms with Crippen LogP contribution >= 0.6 is 11.9 Å². The van der Waals surface area contributed by atoms with Crippen molar-refractivity contribution < 1.29 is 23.1 Å². The zero-order valence-electron chi connectivity index (χ0n) is 19.8. The number of piperidine rings is 1. The largest absolute Gasteiger partial charge is 0.417 e. The Kier molecular flexibility index (Phi) is 7.02. The second-order valence-electron chi connectivity index (χ2n) is 9.22. The Morgan fingerprint density at radius 2 is 1.78 bits per heavy atom. The van der Waals surface area contributed by atoms with Crippen molar-refractivity contribution >= 4 is 23.8 Å². The maximum Gasteiger partial charge on any atom is 0.417 e. The molecule has 2 aliphatic rings. The number of rotatable bonds is 5. The number of anilines is 1. The molecular weight excluding hydrogens is 503 g/mol. The number of carbonyl (C=O) groups excluding carboxylic acids is 1. The summed E-state index contributed by atoms with van der Waals surface area (Å²) in [7, 11) is 0. The molecule has 11 heteroatoms. The number of hydrogen-bond donors (Lipinski definition) is 3.